The van der Waals surface area contributed by atoms with Gasteiger partial charge in [-0.2, -0.15) is 5.10 Å². The zero-order chi connectivity index (χ0) is 13.1. The van der Waals surface area contributed by atoms with Crippen LogP contribution in [0.2, 0.25) is 0 Å². The summed E-state index contributed by atoms with van der Waals surface area (Å²) in [6, 6.07) is 8.11. The first-order valence-electron chi connectivity index (χ1n) is 5.07. The second-order valence-electron chi connectivity index (χ2n) is 3.56. The number of carbonyl (C=O) groups is 1. The fraction of sp³-hybridized carbons (Fsp3) is 0.0833. The molecule has 0 unspecified atom stereocenters. The van der Waals surface area contributed by atoms with Crippen molar-refractivity contribution in [2.45, 2.75) is 6.92 Å². The minimum atomic E-state index is -1.06. The number of hydrogen-bond donors (Lipinski definition) is 1. The Kier molecular flexibility index (Phi) is 3.57. The molecule has 0 aliphatic carbocycles. The molecule has 1 heterocycles. The zero-order valence-electron chi connectivity index (χ0n) is 9.42. The average Bonchev–Trinajstić information content (AvgIpc) is 2.34. The number of carboxylic acid groups (broad SMARTS) is 1. The lowest BCUT2D eigenvalue weighted by atomic mass is 10.2. The van der Waals surface area contributed by atoms with Crippen molar-refractivity contribution in [1.29, 1.82) is 0 Å². The Labute approximate surface area is 112 Å². The molecule has 0 saturated heterocycles. The van der Waals surface area contributed by atoms with Gasteiger partial charge in [0.15, 0.2) is 0 Å². The molecule has 0 radical (unpaired) electrons. The molecule has 18 heavy (non-hydrogen) atoms. The highest BCUT2D eigenvalue weighted by Crippen LogP contribution is 2.26. The van der Waals surface area contributed by atoms with Crippen LogP contribution in [-0.2, 0) is 0 Å². The first-order chi connectivity index (χ1) is 8.56. The summed E-state index contributed by atoms with van der Waals surface area (Å²) < 4.78 is 6.07. The normalized spacial score (nSPS) is 10.1. The van der Waals surface area contributed by atoms with Crippen LogP contribution in [0.5, 0.6) is 11.6 Å². The van der Waals surface area contributed by atoms with E-state index in [1.165, 1.54) is 6.07 Å². The molecule has 1 N–H and O–H groups in total. The number of rotatable bonds is 3. The van der Waals surface area contributed by atoms with Gasteiger partial charge in [0.1, 0.15) is 11.3 Å². The van der Waals surface area contributed by atoms with E-state index in [1.807, 2.05) is 0 Å². The molecule has 6 heteroatoms. The van der Waals surface area contributed by atoms with Gasteiger partial charge in [-0.3, -0.25) is 0 Å². The van der Waals surface area contributed by atoms with Gasteiger partial charge in [0.25, 0.3) is 0 Å². The maximum atomic E-state index is 11.1. The maximum Gasteiger partial charge on any atom is 0.339 e. The summed E-state index contributed by atoms with van der Waals surface area (Å²) in [4.78, 5) is 11.1. The molecular weight excluding hydrogens is 300 g/mol. The van der Waals surface area contributed by atoms with Crippen LogP contribution in [0.1, 0.15) is 16.1 Å². The lowest BCUT2D eigenvalue weighted by Crippen LogP contribution is -2.01. The number of benzene rings is 1. The Morgan fingerprint density at radius 1 is 1.28 bits per heavy atom. The number of nitrogens with zero attached hydrogens (tertiary/aromatic N) is 2. The molecule has 0 bridgehead atoms. The van der Waals surface area contributed by atoms with Gasteiger partial charge in [-0.15, -0.1) is 5.10 Å². The maximum absolute atomic E-state index is 11.1. The summed E-state index contributed by atoms with van der Waals surface area (Å²) in [6.07, 6.45) is 0. The Morgan fingerprint density at radius 2 is 2.06 bits per heavy atom. The second kappa shape index (κ2) is 5.14. The van der Waals surface area contributed by atoms with Crippen LogP contribution in [-0.4, -0.2) is 21.3 Å². The van der Waals surface area contributed by atoms with Gasteiger partial charge >= 0.3 is 5.97 Å². The van der Waals surface area contributed by atoms with Gasteiger partial charge in [-0.05, 0) is 31.2 Å². The number of carboxylic acids is 1. The summed E-state index contributed by atoms with van der Waals surface area (Å²) in [7, 11) is 0. The highest BCUT2D eigenvalue weighted by molar-refractivity contribution is 9.10. The van der Waals surface area contributed by atoms with E-state index >= 15 is 0 Å². The number of ether oxygens (including phenoxy) is 1. The number of aryl methyl sites for hydroxylation is 1. The quantitative estimate of drug-likeness (QED) is 0.943. The lowest BCUT2D eigenvalue weighted by molar-refractivity contribution is 0.0694. The molecule has 0 spiro atoms. The Hall–Kier alpha value is -1.95. The number of aromatic carboxylic acids is 1. The van der Waals surface area contributed by atoms with Crippen molar-refractivity contribution < 1.29 is 14.6 Å². The van der Waals surface area contributed by atoms with Crippen molar-refractivity contribution in [1.82, 2.24) is 10.2 Å². The SMILES string of the molecule is Cc1ccc(Oc2ccc(Br)cc2C(=O)O)nn1. The molecule has 92 valence electrons. The van der Waals surface area contributed by atoms with Crippen molar-refractivity contribution in [2.75, 3.05) is 0 Å². The number of hydrogen-bond acceptors (Lipinski definition) is 4. The van der Waals surface area contributed by atoms with Crippen molar-refractivity contribution in [2.24, 2.45) is 0 Å². The second-order valence-corrected chi connectivity index (χ2v) is 4.48. The predicted molar refractivity (Wildman–Crippen MR) is 67.9 cm³/mol. The van der Waals surface area contributed by atoms with Gasteiger partial charge in [-0.25, -0.2) is 4.79 Å². The average molecular weight is 309 g/mol. The Balaban J connectivity index is 2.34. The van der Waals surface area contributed by atoms with Gasteiger partial charge in [0.2, 0.25) is 5.88 Å². The zero-order valence-corrected chi connectivity index (χ0v) is 11.0. The van der Waals surface area contributed by atoms with Gasteiger partial charge in [-0.1, -0.05) is 15.9 Å². The van der Waals surface area contributed by atoms with Crippen LogP contribution in [0.4, 0.5) is 0 Å². The van der Waals surface area contributed by atoms with E-state index in [1.54, 1.807) is 31.2 Å². The molecule has 1 aromatic heterocycles. The van der Waals surface area contributed by atoms with E-state index in [0.29, 0.717) is 4.47 Å². The van der Waals surface area contributed by atoms with E-state index in [0.717, 1.165) is 5.69 Å². The summed E-state index contributed by atoms with van der Waals surface area (Å²) in [5.74, 6) is -0.583. The molecule has 2 rings (SSSR count). The van der Waals surface area contributed by atoms with Crippen molar-refractivity contribution in [3.05, 3.63) is 46.1 Å². The van der Waals surface area contributed by atoms with Crippen molar-refractivity contribution in [3.63, 3.8) is 0 Å². The standard InChI is InChI=1S/C12H9BrN2O3/c1-7-2-5-11(15-14-7)18-10-4-3-8(13)6-9(10)12(16)17/h2-6H,1H3,(H,16,17). The molecule has 0 atom stereocenters. The predicted octanol–water partition coefficient (Wildman–Crippen LogP) is 3.04. The molecule has 0 saturated carbocycles. The first kappa shape index (κ1) is 12.5. The molecule has 0 fully saturated rings. The van der Waals surface area contributed by atoms with Crippen LogP contribution in [0, 0.1) is 6.92 Å². The Morgan fingerprint density at radius 3 is 2.67 bits per heavy atom. The van der Waals surface area contributed by atoms with Gasteiger partial charge in [0.05, 0.1) is 5.69 Å². The number of halogens is 1. The van der Waals surface area contributed by atoms with Crippen LogP contribution in [0.3, 0.4) is 0 Å². The topological polar surface area (TPSA) is 72.3 Å². The van der Waals surface area contributed by atoms with Crippen LogP contribution < -0.4 is 4.74 Å². The third-order valence-electron chi connectivity index (χ3n) is 2.16. The van der Waals surface area contributed by atoms with E-state index in [4.69, 9.17) is 9.84 Å². The molecule has 5 nitrogen and oxygen atoms in total. The van der Waals surface area contributed by atoms with E-state index in [9.17, 15) is 4.79 Å². The van der Waals surface area contributed by atoms with Crippen molar-refractivity contribution in [3.8, 4) is 11.6 Å². The highest BCUT2D eigenvalue weighted by atomic mass is 79.9. The third-order valence-corrected chi connectivity index (χ3v) is 2.65. The lowest BCUT2D eigenvalue weighted by Gasteiger charge is -2.07. The monoisotopic (exact) mass is 308 g/mol. The summed E-state index contributed by atoms with van der Waals surface area (Å²) in [5, 5.41) is 16.7. The minimum absolute atomic E-state index is 0.0618. The first-order valence-corrected chi connectivity index (χ1v) is 5.86. The minimum Gasteiger partial charge on any atom is -0.478 e. The van der Waals surface area contributed by atoms with Crippen LogP contribution in [0.25, 0.3) is 0 Å². The van der Waals surface area contributed by atoms with E-state index in [2.05, 4.69) is 26.1 Å². The summed E-state index contributed by atoms with van der Waals surface area (Å²) in [5.41, 5.74) is 0.823. The largest absolute Gasteiger partial charge is 0.478 e. The smallest absolute Gasteiger partial charge is 0.339 e. The molecular formula is C12H9BrN2O3. The van der Waals surface area contributed by atoms with Gasteiger partial charge < -0.3 is 9.84 Å². The van der Waals surface area contributed by atoms with Gasteiger partial charge in [0, 0.05) is 10.5 Å². The fourth-order valence-electron chi connectivity index (χ4n) is 1.31. The summed E-state index contributed by atoms with van der Waals surface area (Å²) in [6.45, 7) is 1.80. The fourth-order valence-corrected chi connectivity index (χ4v) is 1.67. The van der Waals surface area contributed by atoms with E-state index < -0.39 is 5.97 Å². The molecule has 0 aliphatic rings. The molecule has 2 aromatic rings. The number of aromatic nitrogens is 2. The molecule has 0 aliphatic heterocycles. The third kappa shape index (κ3) is 2.84. The highest BCUT2D eigenvalue weighted by Gasteiger charge is 2.13. The molecule has 0 amide bonds. The van der Waals surface area contributed by atoms with E-state index in [-0.39, 0.29) is 17.2 Å². The Bertz CT molecular complexity index is 584. The molecule has 1 aromatic carbocycles. The van der Waals surface area contributed by atoms with Crippen molar-refractivity contribution >= 4 is 21.9 Å². The summed E-state index contributed by atoms with van der Waals surface area (Å²) >= 11 is 3.21. The van der Waals surface area contributed by atoms with Crippen LogP contribution >= 0.6 is 15.9 Å². The van der Waals surface area contributed by atoms with Crippen LogP contribution in [0.15, 0.2) is 34.8 Å².